The van der Waals surface area contributed by atoms with Crippen LogP contribution in [-0.2, 0) is 4.74 Å². The Balaban J connectivity index is 1.46. The van der Waals surface area contributed by atoms with Gasteiger partial charge in [-0.2, -0.15) is 0 Å². The molecule has 2 amide bonds. The van der Waals surface area contributed by atoms with E-state index in [4.69, 9.17) is 27.9 Å². The smallest absolute Gasteiger partial charge is 0.339 e. The predicted octanol–water partition coefficient (Wildman–Crippen LogP) is 6.58. The van der Waals surface area contributed by atoms with Gasteiger partial charge in [0.15, 0.2) is 6.10 Å². The molecule has 6 nitrogen and oxygen atoms in total. The van der Waals surface area contributed by atoms with Gasteiger partial charge in [-0.1, -0.05) is 77.8 Å². The van der Waals surface area contributed by atoms with Gasteiger partial charge in [-0.05, 0) is 42.5 Å². The van der Waals surface area contributed by atoms with E-state index >= 15 is 0 Å². The molecule has 4 aromatic rings. The molecule has 1 atom stereocenters. The molecular weight excluding hydrogens is 513 g/mol. The van der Waals surface area contributed by atoms with Gasteiger partial charge in [0.25, 0.3) is 11.8 Å². The maximum absolute atomic E-state index is 13.3. The van der Waals surface area contributed by atoms with Gasteiger partial charge < -0.3 is 4.74 Å². The number of carbonyl (C=O) groups excluding carboxylic acids is 4. The fourth-order valence-electron chi connectivity index (χ4n) is 4.06. The quantitative estimate of drug-likeness (QED) is 0.160. The third-order valence-electron chi connectivity index (χ3n) is 5.91. The second kappa shape index (κ2) is 10.0. The average Bonchev–Trinajstić information content (AvgIpc) is 3.17. The molecular formula is C29H17Cl2NO5. The maximum atomic E-state index is 13.3. The van der Waals surface area contributed by atoms with E-state index in [-0.39, 0.29) is 27.4 Å². The molecule has 4 aromatic carbocycles. The SMILES string of the molecule is O=C(O[C@@H](C(=O)c1ccccc1)c1ccc(Cl)cc1)c1ccc2c(c1)C(=O)N(c1ccccc1Cl)C2=O. The molecule has 0 N–H and O–H groups in total. The van der Waals surface area contributed by atoms with Crippen LogP contribution < -0.4 is 4.90 Å². The Kier molecular flexibility index (Phi) is 6.61. The van der Waals surface area contributed by atoms with Crippen LogP contribution in [0.2, 0.25) is 10.0 Å². The minimum Gasteiger partial charge on any atom is -0.445 e. The van der Waals surface area contributed by atoms with Gasteiger partial charge in [0.1, 0.15) is 0 Å². The number of anilines is 1. The second-order valence-corrected chi connectivity index (χ2v) is 9.07. The first kappa shape index (κ1) is 24.4. The van der Waals surface area contributed by atoms with Crippen molar-refractivity contribution in [3.8, 4) is 0 Å². The van der Waals surface area contributed by atoms with Crippen LogP contribution in [0.4, 0.5) is 5.69 Å². The fourth-order valence-corrected chi connectivity index (χ4v) is 4.41. The van der Waals surface area contributed by atoms with Gasteiger partial charge in [-0.3, -0.25) is 14.4 Å². The molecule has 8 heteroatoms. The van der Waals surface area contributed by atoms with Crippen LogP contribution >= 0.6 is 23.2 Å². The standard InChI is InChI=1S/C29H17Cl2NO5/c30-20-13-10-18(11-14-20)26(25(33)17-6-2-1-3-7-17)37-29(36)19-12-15-21-22(16-19)28(35)32(27(21)34)24-9-5-4-8-23(24)31/h1-16,26H/t26-/m1/s1. The summed E-state index contributed by atoms with van der Waals surface area (Å²) in [7, 11) is 0. The number of amides is 2. The highest BCUT2D eigenvalue weighted by Gasteiger charge is 2.38. The molecule has 0 saturated carbocycles. The summed E-state index contributed by atoms with van der Waals surface area (Å²) in [5.41, 5.74) is 1.23. The molecule has 0 unspecified atom stereocenters. The molecule has 0 saturated heterocycles. The molecule has 37 heavy (non-hydrogen) atoms. The summed E-state index contributed by atoms with van der Waals surface area (Å²) in [5, 5.41) is 0.702. The number of para-hydroxylation sites is 1. The number of hydrogen-bond acceptors (Lipinski definition) is 5. The summed E-state index contributed by atoms with van der Waals surface area (Å²) in [6.45, 7) is 0. The number of fused-ring (bicyclic) bond motifs is 1. The number of halogens is 2. The summed E-state index contributed by atoms with van der Waals surface area (Å²) in [4.78, 5) is 53.5. The van der Waals surface area contributed by atoms with Gasteiger partial charge in [0.05, 0.1) is 27.4 Å². The van der Waals surface area contributed by atoms with E-state index in [1.807, 2.05) is 0 Å². The minimum atomic E-state index is -1.25. The second-order valence-electron chi connectivity index (χ2n) is 8.22. The molecule has 1 aliphatic heterocycles. The summed E-state index contributed by atoms with van der Waals surface area (Å²) in [5.74, 6) is -2.42. The maximum Gasteiger partial charge on any atom is 0.339 e. The van der Waals surface area contributed by atoms with Crippen molar-refractivity contribution in [3.05, 3.63) is 135 Å². The van der Waals surface area contributed by atoms with Crippen molar-refractivity contribution in [2.24, 2.45) is 0 Å². The lowest BCUT2D eigenvalue weighted by Gasteiger charge is -2.18. The number of Topliss-reactive ketones (excluding diaryl/α,β-unsaturated/α-hetero) is 1. The Morgan fingerprint density at radius 2 is 1.35 bits per heavy atom. The van der Waals surface area contributed by atoms with E-state index < -0.39 is 29.7 Å². The molecule has 0 fully saturated rings. The van der Waals surface area contributed by atoms with Gasteiger partial charge >= 0.3 is 5.97 Å². The topological polar surface area (TPSA) is 80.8 Å². The lowest BCUT2D eigenvalue weighted by Crippen LogP contribution is -2.29. The van der Waals surface area contributed by atoms with Crippen molar-refractivity contribution >= 4 is 52.5 Å². The average molecular weight is 530 g/mol. The van der Waals surface area contributed by atoms with Crippen LogP contribution in [0.3, 0.4) is 0 Å². The monoisotopic (exact) mass is 529 g/mol. The number of esters is 1. The summed E-state index contributed by atoms with van der Waals surface area (Å²) in [6, 6.07) is 25.4. The van der Waals surface area contributed by atoms with Crippen molar-refractivity contribution in [3.63, 3.8) is 0 Å². The summed E-state index contributed by atoms with van der Waals surface area (Å²) in [6.07, 6.45) is -1.25. The first-order chi connectivity index (χ1) is 17.8. The third kappa shape index (κ3) is 4.65. The highest BCUT2D eigenvalue weighted by Crippen LogP contribution is 2.34. The van der Waals surface area contributed by atoms with Crippen LogP contribution in [-0.4, -0.2) is 23.6 Å². The zero-order chi connectivity index (χ0) is 26.1. The Morgan fingerprint density at radius 3 is 2.05 bits per heavy atom. The van der Waals surface area contributed by atoms with E-state index in [1.165, 1.54) is 18.2 Å². The lowest BCUT2D eigenvalue weighted by molar-refractivity contribution is 0.0280. The van der Waals surface area contributed by atoms with E-state index in [1.54, 1.807) is 78.9 Å². The minimum absolute atomic E-state index is 0.0146. The van der Waals surface area contributed by atoms with E-state index in [9.17, 15) is 19.2 Å². The number of nitrogens with zero attached hydrogens (tertiary/aromatic N) is 1. The molecule has 0 aromatic heterocycles. The lowest BCUT2D eigenvalue weighted by atomic mass is 9.99. The Hall–Kier alpha value is -4.26. The largest absolute Gasteiger partial charge is 0.445 e. The van der Waals surface area contributed by atoms with Gasteiger partial charge in [-0.15, -0.1) is 0 Å². The molecule has 0 spiro atoms. The Morgan fingerprint density at radius 1 is 0.703 bits per heavy atom. The first-order valence-electron chi connectivity index (χ1n) is 11.2. The van der Waals surface area contributed by atoms with E-state index in [0.29, 0.717) is 16.1 Å². The van der Waals surface area contributed by atoms with Crippen LogP contribution in [0.1, 0.15) is 53.1 Å². The van der Waals surface area contributed by atoms with Crippen LogP contribution in [0.15, 0.2) is 97.1 Å². The summed E-state index contributed by atoms with van der Waals surface area (Å²) >= 11 is 12.2. The number of imide groups is 1. The molecule has 1 heterocycles. The molecule has 5 rings (SSSR count). The number of rotatable bonds is 6. The molecule has 0 radical (unpaired) electrons. The zero-order valence-corrected chi connectivity index (χ0v) is 20.6. The molecule has 0 aliphatic carbocycles. The van der Waals surface area contributed by atoms with E-state index in [2.05, 4.69) is 0 Å². The third-order valence-corrected chi connectivity index (χ3v) is 6.48. The Labute approximate surface area is 222 Å². The van der Waals surface area contributed by atoms with Crippen molar-refractivity contribution in [1.29, 1.82) is 0 Å². The van der Waals surface area contributed by atoms with Gasteiger partial charge in [0.2, 0.25) is 5.78 Å². The molecule has 1 aliphatic rings. The number of carbonyl (C=O) groups is 4. The molecule has 182 valence electrons. The van der Waals surface area contributed by atoms with Crippen molar-refractivity contribution in [2.45, 2.75) is 6.10 Å². The van der Waals surface area contributed by atoms with Gasteiger partial charge in [-0.25, -0.2) is 9.69 Å². The normalized spacial score (nSPS) is 13.3. The number of benzene rings is 4. The fraction of sp³-hybridized carbons (Fsp3) is 0.0345. The number of ether oxygens (including phenoxy) is 1. The van der Waals surface area contributed by atoms with E-state index in [0.717, 1.165) is 4.90 Å². The first-order valence-corrected chi connectivity index (χ1v) is 11.9. The number of hydrogen-bond donors (Lipinski definition) is 0. The van der Waals surface area contributed by atoms with Gasteiger partial charge in [0, 0.05) is 16.1 Å². The summed E-state index contributed by atoms with van der Waals surface area (Å²) < 4.78 is 5.67. The van der Waals surface area contributed by atoms with Crippen molar-refractivity contribution in [1.82, 2.24) is 0 Å². The van der Waals surface area contributed by atoms with Crippen LogP contribution in [0, 0.1) is 0 Å². The van der Waals surface area contributed by atoms with Crippen molar-refractivity contribution in [2.75, 3.05) is 4.90 Å². The van der Waals surface area contributed by atoms with Crippen LogP contribution in [0.5, 0.6) is 0 Å². The predicted molar refractivity (Wildman–Crippen MR) is 139 cm³/mol. The number of ketones is 1. The highest BCUT2D eigenvalue weighted by atomic mass is 35.5. The molecule has 0 bridgehead atoms. The van der Waals surface area contributed by atoms with Crippen molar-refractivity contribution < 1.29 is 23.9 Å². The Bertz CT molecular complexity index is 1550. The van der Waals surface area contributed by atoms with Crippen LogP contribution in [0.25, 0.3) is 0 Å². The zero-order valence-electron chi connectivity index (χ0n) is 19.1. The highest BCUT2D eigenvalue weighted by molar-refractivity contribution is 6.40.